The first-order chi connectivity index (χ1) is 28.3. The van der Waals surface area contributed by atoms with Gasteiger partial charge in [0.1, 0.15) is 24.4 Å². The van der Waals surface area contributed by atoms with Gasteiger partial charge in [-0.15, -0.1) is 0 Å². The molecule has 2 aliphatic rings. The van der Waals surface area contributed by atoms with Gasteiger partial charge < -0.3 is 41.0 Å². The van der Waals surface area contributed by atoms with E-state index in [0.717, 1.165) is 43.1 Å². The van der Waals surface area contributed by atoms with Crippen molar-refractivity contribution in [1.82, 2.24) is 25.8 Å². The van der Waals surface area contributed by atoms with Gasteiger partial charge in [0.05, 0.1) is 50.4 Å². The fraction of sp³-hybridized carbons (Fsp3) is 0.545. The number of piperidine rings is 1. The van der Waals surface area contributed by atoms with Gasteiger partial charge in [-0.1, -0.05) is 73.9 Å². The van der Waals surface area contributed by atoms with Gasteiger partial charge in [-0.25, -0.2) is 9.78 Å². The molecule has 320 valence electrons. The maximum Gasteiger partial charge on any atom is 0.332 e. The molecule has 1 saturated carbocycles. The summed E-state index contributed by atoms with van der Waals surface area (Å²) < 4.78 is 17.0. The van der Waals surface area contributed by atoms with Gasteiger partial charge >= 0.3 is 5.97 Å². The largest absolute Gasteiger partial charge is 0.457 e. The molecule has 6 atom stereocenters. The summed E-state index contributed by atoms with van der Waals surface area (Å²) in [5.74, 6) is -2.53. The van der Waals surface area contributed by atoms with Crippen LogP contribution in [-0.2, 0) is 39.8 Å². The number of nitrogens with zero attached hydrogens (tertiary/aromatic N) is 2. The van der Waals surface area contributed by atoms with Crippen molar-refractivity contribution in [3.05, 3.63) is 78.0 Å². The summed E-state index contributed by atoms with van der Waals surface area (Å²) in [5.41, 5.74) is 6.58. The van der Waals surface area contributed by atoms with Crippen molar-refractivity contribution in [2.75, 3.05) is 46.1 Å². The minimum Gasteiger partial charge on any atom is -0.457 e. The molecule has 1 aliphatic carbocycles. The van der Waals surface area contributed by atoms with Crippen LogP contribution in [0.15, 0.2) is 66.7 Å². The average Bonchev–Trinajstić information content (AvgIpc) is 3.20. The number of para-hydroxylation sites is 1. The Morgan fingerprint density at radius 1 is 0.898 bits per heavy atom. The van der Waals surface area contributed by atoms with Crippen molar-refractivity contribution in [2.45, 2.75) is 95.5 Å². The number of fused-ring (bicyclic) bond motifs is 2. The summed E-state index contributed by atoms with van der Waals surface area (Å²) in [6.45, 7) is 6.31. The van der Waals surface area contributed by atoms with E-state index in [1.807, 2.05) is 63.2 Å². The minimum atomic E-state index is -1.39. The predicted octanol–water partition coefficient (Wildman–Crippen LogP) is 2.67. The topological polar surface area (TPSA) is 212 Å². The number of benzene rings is 2. The summed E-state index contributed by atoms with van der Waals surface area (Å²) >= 11 is 0. The van der Waals surface area contributed by atoms with E-state index in [2.05, 4.69) is 25.8 Å². The van der Waals surface area contributed by atoms with Crippen molar-refractivity contribution in [3.63, 3.8) is 0 Å². The number of likely N-dealkylation sites (tertiary alicyclic amines) is 1. The number of hydrogen-bond acceptors (Lipinski definition) is 11. The standard InChI is InChI=1S/C44H60N6O9/c1-44(2,3)49-43(56)40-32-15-9-7-13-30(32)19-20-50(40)27-37(59-39(53)28-58-24-23-57-22-21-51)35(25-29-11-5-4-6-12-29)47-42(55)36(26-38(45)52)48-41(54)34-18-17-31-14-8-10-16-33(31)46-34/h4-6,8,10-12,14,16-18,30,32,35-37,40,51H,7,9,13,15,19-28H2,1-3H3,(H2,45,52)(H,47,55)(H,48,54)(H,49,56). The first kappa shape index (κ1) is 45.1. The molecule has 6 N–H and O–H groups in total. The lowest BCUT2D eigenvalue weighted by Crippen LogP contribution is -2.63. The van der Waals surface area contributed by atoms with Gasteiger partial charge in [0.15, 0.2) is 0 Å². The van der Waals surface area contributed by atoms with Crippen molar-refractivity contribution in [2.24, 2.45) is 17.6 Å². The van der Waals surface area contributed by atoms with Crippen molar-refractivity contribution in [1.29, 1.82) is 0 Å². The Bertz CT molecular complexity index is 1870. The summed E-state index contributed by atoms with van der Waals surface area (Å²) in [6.07, 6.45) is 3.61. The van der Waals surface area contributed by atoms with Crippen LogP contribution >= 0.6 is 0 Å². The molecular weight excluding hydrogens is 757 g/mol. The molecule has 59 heavy (non-hydrogen) atoms. The SMILES string of the molecule is CC(C)(C)NC(=O)C1C2CCCCC2CCN1CC(OC(=O)COCCOCCO)C(Cc1ccccc1)NC(=O)C(CC(N)=O)NC(=O)c1ccc2ccccc2n1. The van der Waals surface area contributed by atoms with Crippen LogP contribution in [0.2, 0.25) is 0 Å². The number of nitrogens with two attached hydrogens (primary N) is 1. The number of ether oxygens (including phenoxy) is 3. The van der Waals surface area contributed by atoms with Gasteiger partial charge in [-0.3, -0.25) is 24.1 Å². The highest BCUT2D eigenvalue weighted by Gasteiger charge is 2.45. The second kappa shape index (κ2) is 21.9. The normalized spacial score (nSPS) is 19.8. The van der Waals surface area contributed by atoms with E-state index in [-0.39, 0.29) is 56.9 Å². The van der Waals surface area contributed by atoms with E-state index in [9.17, 15) is 24.0 Å². The Morgan fingerprint density at radius 3 is 2.37 bits per heavy atom. The molecule has 4 amide bonds. The highest BCUT2D eigenvalue weighted by molar-refractivity contribution is 5.99. The Labute approximate surface area is 346 Å². The van der Waals surface area contributed by atoms with E-state index in [1.54, 1.807) is 18.2 Å². The lowest BCUT2D eigenvalue weighted by atomic mass is 9.70. The smallest absolute Gasteiger partial charge is 0.332 e. The summed E-state index contributed by atoms with van der Waals surface area (Å²) in [6, 6.07) is 17.1. The van der Waals surface area contributed by atoms with Crippen LogP contribution < -0.4 is 21.7 Å². The third-order valence-electron chi connectivity index (χ3n) is 10.8. The zero-order valence-electron chi connectivity index (χ0n) is 34.4. The van der Waals surface area contributed by atoms with E-state index >= 15 is 0 Å². The van der Waals surface area contributed by atoms with Gasteiger partial charge in [0, 0.05) is 17.5 Å². The average molecular weight is 817 g/mol. The predicted molar refractivity (Wildman–Crippen MR) is 221 cm³/mol. The number of esters is 1. The van der Waals surface area contributed by atoms with Crippen LogP contribution in [0.3, 0.4) is 0 Å². The Morgan fingerprint density at radius 2 is 1.63 bits per heavy atom. The number of aromatic nitrogens is 1. The monoisotopic (exact) mass is 816 g/mol. The van der Waals surface area contributed by atoms with E-state index < -0.39 is 66.5 Å². The third-order valence-corrected chi connectivity index (χ3v) is 10.8. The highest BCUT2D eigenvalue weighted by atomic mass is 16.6. The maximum absolute atomic E-state index is 14.3. The van der Waals surface area contributed by atoms with E-state index in [0.29, 0.717) is 18.0 Å². The quantitative estimate of drug-likeness (QED) is 0.0827. The number of nitrogens with one attached hydrogen (secondary N) is 3. The molecule has 3 aromatic rings. The molecule has 0 spiro atoms. The molecule has 2 aromatic carbocycles. The van der Waals surface area contributed by atoms with E-state index in [4.69, 9.17) is 25.1 Å². The number of hydrogen-bond donors (Lipinski definition) is 5. The zero-order chi connectivity index (χ0) is 42.4. The van der Waals surface area contributed by atoms with Crippen LogP contribution in [0, 0.1) is 11.8 Å². The molecule has 6 unspecified atom stereocenters. The minimum absolute atomic E-state index is 0.0473. The van der Waals surface area contributed by atoms with Crippen LogP contribution in [0.4, 0.5) is 0 Å². The molecule has 0 bridgehead atoms. The summed E-state index contributed by atoms with van der Waals surface area (Å²) in [5, 5.41) is 18.7. The third kappa shape index (κ3) is 13.8. The molecule has 1 aromatic heterocycles. The van der Waals surface area contributed by atoms with Crippen LogP contribution in [-0.4, -0.2) is 120 Å². The van der Waals surface area contributed by atoms with Crippen molar-refractivity contribution >= 4 is 40.5 Å². The molecule has 0 radical (unpaired) electrons. The second-order valence-electron chi connectivity index (χ2n) is 16.5. The first-order valence-electron chi connectivity index (χ1n) is 20.6. The number of carbonyl (C=O) groups is 5. The highest BCUT2D eigenvalue weighted by Crippen LogP contribution is 2.40. The molecular formula is C44H60N6O9. The van der Waals surface area contributed by atoms with Crippen molar-refractivity contribution in [3.8, 4) is 0 Å². The Hall–Kier alpha value is -4.96. The number of primary amides is 1. The number of amides is 4. The van der Waals surface area contributed by atoms with Gasteiger partial charge in [-0.05, 0) is 76.1 Å². The van der Waals surface area contributed by atoms with Crippen LogP contribution in [0.1, 0.15) is 75.3 Å². The molecule has 2 fully saturated rings. The first-order valence-corrected chi connectivity index (χ1v) is 20.6. The number of carbonyl (C=O) groups excluding carboxylic acids is 5. The Balaban J connectivity index is 1.45. The molecule has 15 nitrogen and oxygen atoms in total. The molecule has 2 heterocycles. The number of pyridine rings is 1. The fourth-order valence-corrected chi connectivity index (χ4v) is 8.14. The van der Waals surface area contributed by atoms with Gasteiger partial charge in [0.2, 0.25) is 17.7 Å². The van der Waals surface area contributed by atoms with Gasteiger partial charge in [-0.2, -0.15) is 0 Å². The summed E-state index contributed by atoms with van der Waals surface area (Å²) in [4.78, 5) is 74.5. The number of aliphatic hydroxyl groups excluding tert-OH is 1. The second-order valence-corrected chi connectivity index (χ2v) is 16.5. The molecule has 5 rings (SSSR count). The van der Waals surface area contributed by atoms with Crippen LogP contribution in [0.5, 0.6) is 0 Å². The maximum atomic E-state index is 14.3. The number of rotatable bonds is 20. The molecule has 1 aliphatic heterocycles. The lowest BCUT2D eigenvalue weighted by molar-refractivity contribution is -0.160. The Kier molecular flexibility index (Phi) is 16.7. The zero-order valence-corrected chi connectivity index (χ0v) is 34.4. The van der Waals surface area contributed by atoms with Crippen LogP contribution in [0.25, 0.3) is 10.9 Å². The lowest BCUT2D eigenvalue weighted by Gasteiger charge is -2.48. The fourth-order valence-electron chi connectivity index (χ4n) is 8.14. The molecule has 1 saturated heterocycles. The molecule has 15 heteroatoms. The van der Waals surface area contributed by atoms with E-state index in [1.165, 1.54) is 6.07 Å². The van der Waals surface area contributed by atoms with Gasteiger partial charge in [0.25, 0.3) is 5.91 Å². The van der Waals surface area contributed by atoms with Crippen molar-refractivity contribution < 1.29 is 43.3 Å². The summed E-state index contributed by atoms with van der Waals surface area (Å²) in [7, 11) is 0. The number of aliphatic hydroxyl groups is 1.